The molecule has 22 heavy (non-hydrogen) atoms. The molecule has 0 aliphatic carbocycles. The number of alkyl halides is 1. The number of nitrogens with two attached hydrogens (primary N) is 1. The second-order valence-corrected chi connectivity index (χ2v) is 5.95. The Morgan fingerprint density at radius 2 is 1.95 bits per heavy atom. The molecule has 2 rings (SSSR count). The minimum Gasteiger partial charge on any atom is -0.377 e. The van der Waals surface area contributed by atoms with Gasteiger partial charge in [0.1, 0.15) is 5.82 Å². The molecule has 0 saturated carbocycles. The van der Waals surface area contributed by atoms with Gasteiger partial charge in [0, 0.05) is 22.2 Å². The Morgan fingerprint density at radius 3 is 2.68 bits per heavy atom. The molecule has 2 aromatic rings. The molecular weight excluding hydrogens is 365 g/mol. The van der Waals surface area contributed by atoms with Crippen molar-refractivity contribution in [2.24, 2.45) is 15.9 Å². The van der Waals surface area contributed by atoms with Crippen LogP contribution in [0.2, 0.25) is 0 Å². The first-order valence-corrected chi connectivity index (χ1v) is 8.68. The van der Waals surface area contributed by atoms with E-state index < -0.39 is 0 Å². The average Bonchev–Trinajstić information content (AvgIpc) is 2.54. The van der Waals surface area contributed by atoms with E-state index in [2.05, 4.69) is 26.1 Å². The summed E-state index contributed by atoms with van der Waals surface area (Å²) >= 11 is 4.67. The van der Waals surface area contributed by atoms with Crippen molar-refractivity contribution in [2.45, 2.75) is 11.1 Å². The van der Waals surface area contributed by atoms with Crippen molar-refractivity contribution in [3.8, 4) is 0 Å². The fourth-order valence-electron chi connectivity index (χ4n) is 1.75. The third-order valence-corrected chi connectivity index (χ3v) is 4.29. The summed E-state index contributed by atoms with van der Waals surface area (Å²) in [5.41, 5.74) is 8.20. The molecule has 3 nitrogen and oxygen atoms in total. The fraction of sp³-hybridized carbons (Fsp3) is 0.125. The Balaban J connectivity index is 1.97. The summed E-state index contributed by atoms with van der Waals surface area (Å²) in [5, 5.41) is 8.65. The highest BCUT2D eigenvalue weighted by atomic mass is 79.9. The molecule has 0 radical (unpaired) electrons. The van der Waals surface area contributed by atoms with Crippen molar-refractivity contribution in [2.75, 3.05) is 0 Å². The Kier molecular flexibility index (Phi) is 6.61. The number of nitrogens with zero attached hydrogens (tertiary/aromatic N) is 2. The normalized spacial score (nSPS) is 12.0. The predicted molar refractivity (Wildman–Crippen MR) is 96.0 cm³/mol. The van der Waals surface area contributed by atoms with Crippen molar-refractivity contribution >= 4 is 39.1 Å². The van der Waals surface area contributed by atoms with Gasteiger partial charge in [-0.2, -0.15) is 5.10 Å². The van der Waals surface area contributed by atoms with Crippen LogP contribution in [0.3, 0.4) is 0 Å². The SMILES string of the molecule is NC(=NN=Cc1cccc(F)c1CBr)SCc1ccccc1. The summed E-state index contributed by atoms with van der Waals surface area (Å²) in [7, 11) is 0. The van der Waals surface area contributed by atoms with Crippen LogP contribution in [-0.2, 0) is 11.1 Å². The number of thioether (sulfide) groups is 1. The lowest BCUT2D eigenvalue weighted by Crippen LogP contribution is -2.06. The first-order valence-electron chi connectivity index (χ1n) is 6.57. The van der Waals surface area contributed by atoms with Crippen molar-refractivity contribution < 1.29 is 4.39 Å². The van der Waals surface area contributed by atoms with Crippen LogP contribution in [0.4, 0.5) is 4.39 Å². The number of rotatable bonds is 5. The molecule has 0 spiro atoms. The summed E-state index contributed by atoms with van der Waals surface area (Å²) in [6.07, 6.45) is 1.51. The second-order valence-electron chi connectivity index (χ2n) is 4.40. The summed E-state index contributed by atoms with van der Waals surface area (Å²) in [5.74, 6) is 0.467. The number of amidine groups is 1. The standard InChI is InChI=1S/C16H15BrFN3S/c17-9-14-13(7-4-8-15(14)18)10-20-21-16(19)22-11-12-5-2-1-3-6-12/h1-8,10H,9,11H2,(H2,19,21). The number of hydrogen-bond donors (Lipinski definition) is 1. The summed E-state index contributed by atoms with van der Waals surface area (Å²) in [6, 6.07) is 14.8. The summed E-state index contributed by atoms with van der Waals surface area (Å²) in [4.78, 5) is 0. The number of halogens is 2. The molecule has 0 heterocycles. The maximum atomic E-state index is 13.6. The third kappa shape index (κ3) is 4.96. The van der Waals surface area contributed by atoms with Crippen molar-refractivity contribution in [1.29, 1.82) is 0 Å². The molecule has 0 saturated heterocycles. The minimum absolute atomic E-state index is 0.267. The zero-order valence-electron chi connectivity index (χ0n) is 11.7. The van der Waals surface area contributed by atoms with Gasteiger partial charge in [-0.05, 0) is 11.6 Å². The van der Waals surface area contributed by atoms with E-state index in [1.807, 2.05) is 30.3 Å². The van der Waals surface area contributed by atoms with Crippen molar-refractivity contribution in [3.63, 3.8) is 0 Å². The van der Waals surface area contributed by atoms with E-state index in [0.29, 0.717) is 21.6 Å². The van der Waals surface area contributed by atoms with Crippen LogP contribution in [0.15, 0.2) is 58.7 Å². The first kappa shape index (κ1) is 16.7. The van der Waals surface area contributed by atoms with Gasteiger partial charge in [0.2, 0.25) is 0 Å². The van der Waals surface area contributed by atoms with E-state index in [1.165, 1.54) is 29.6 Å². The van der Waals surface area contributed by atoms with Crippen LogP contribution in [0.25, 0.3) is 0 Å². The third-order valence-electron chi connectivity index (χ3n) is 2.87. The van der Waals surface area contributed by atoms with Gasteiger partial charge < -0.3 is 5.73 Å². The zero-order valence-corrected chi connectivity index (χ0v) is 14.1. The molecule has 114 valence electrons. The Morgan fingerprint density at radius 1 is 1.18 bits per heavy atom. The van der Waals surface area contributed by atoms with E-state index in [4.69, 9.17) is 5.73 Å². The highest BCUT2D eigenvalue weighted by molar-refractivity contribution is 9.08. The molecule has 0 aliphatic heterocycles. The molecule has 0 aromatic heterocycles. The Bertz CT molecular complexity index is 674. The Hall–Kier alpha value is -1.66. The highest BCUT2D eigenvalue weighted by Gasteiger charge is 2.04. The molecule has 0 fully saturated rings. The maximum absolute atomic E-state index is 13.6. The topological polar surface area (TPSA) is 50.7 Å². The van der Waals surface area contributed by atoms with E-state index in [9.17, 15) is 4.39 Å². The zero-order chi connectivity index (χ0) is 15.8. The molecule has 2 N–H and O–H groups in total. The molecule has 0 amide bonds. The van der Waals surface area contributed by atoms with Gasteiger partial charge >= 0.3 is 0 Å². The van der Waals surface area contributed by atoms with Crippen LogP contribution in [0.5, 0.6) is 0 Å². The van der Waals surface area contributed by atoms with Crippen LogP contribution in [-0.4, -0.2) is 11.4 Å². The van der Waals surface area contributed by atoms with Gasteiger partial charge in [-0.25, -0.2) is 4.39 Å². The van der Waals surface area contributed by atoms with E-state index in [-0.39, 0.29) is 5.82 Å². The largest absolute Gasteiger partial charge is 0.377 e. The van der Waals surface area contributed by atoms with Crippen molar-refractivity contribution in [1.82, 2.24) is 0 Å². The molecule has 0 aliphatic rings. The van der Waals surface area contributed by atoms with Crippen molar-refractivity contribution in [3.05, 3.63) is 71.0 Å². The van der Waals surface area contributed by atoms with Gasteiger partial charge in [0.15, 0.2) is 5.17 Å². The molecule has 2 aromatic carbocycles. The predicted octanol–water partition coefficient (Wildman–Crippen LogP) is 4.30. The van der Waals surface area contributed by atoms with Crippen LogP contribution in [0, 0.1) is 5.82 Å². The smallest absolute Gasteiger partial charge is 0.180 e. The lowest BCUT2D eigenvalue weighted by Gasteiger charge is -2.02. The molecule has 0 bridgehead atoms. The lowest BCUT2D eigenvalue weighted by atomic mass is 10.1. The molecule has 0 atom stereocenters. The van der Waals surface area contributed by atoms with Crippen LogP contribution in [0.1, 0.15) is 16.7 Å². The number of benzene rings is 2. The monoisotopic (exact) mass is 379 g/mol. The first-order chi connectivity index (χ1) is 10.7. The van der Waals surface area contributed by atoms with Gasteiger partial charge in [-0.3, -0.25) is 0 Å². The van der Waals surface area contributed by atoms with Crippen LogP contribution >= 0.6 is 27.7 Å². The van der Waals surface area contributed by atoms with Crippen LogP contribution < -0.4 is 5.73 Å². The van der Waals surface area contributed by atoms with Gasteiger partial charge in [0.05, 0.1) is 6.21 Å². The van der Waals surface area contributed by atoms with Gasteiger partial charge in [0.25, 0.3) is 0 Å². The number of hydrogen-bond acceptors (Lipinski definition) is 3. The Labute approximate surface area is 141 Å². The fourth-order valence-corrected chi connectivity index (χ4v) is 2.95. The maximum Gasteiger partial charge on any atom is 0.180 e. The quantitative estimate of drug-likeness (QED) is 0.364. The van der Waals surface area contributed by atoms with E-state index in [1.54, 1.807) is 12.1 Å². The van der Waals surface area contributed by atoms with E-state index >= 15 is 0 Å². The molecule has 6 heteroatoms. The molecule has 0 unspecified atom stereocenters. The molecular formula is C16H15BrFN3S. The van der Waals surface area contributed by atoms with E-state index in [0.717, 1.165) is 5.75 Å². The van der Waals surface area contributed by atoms with Gasteiger partial charge in [-0.1, -0.05) is 70.2 Å². The minimum atomic E-state index is -0.267. The summed E-state index contributed by atoms with van der Waals surface area (Å²) in [6.45, 7) is 0. The average molecular weight is 380 g/mol. The second kappa shape index (κ2) is 8.70. The van der Waals surface area contributed by atoms with Gasteiger partial charge in [-0.15, -0.1) is 5.10 Å². The summed E-state index contributed by atoms with van der Waals surface area (Å²) < 4.78 is 13.6. The lowest BCUT2D eigenvalue weighted by molar-refractivity contribution is 0.617. The highest BCUT2D eigenvalue weighted by Crippen LogP contribution is 2.15.